The van der Waals surface area contributed by atoms with Crippen LogP contribution in [0.15, 0.2) is 24.3 Å². The van der Waals surface area contributed by atoms with Crippen molar-refractivity contribution in [1.82, 2.24) is 14.7 Å². The Balaban J connectivity index is 1.40. The van der Waals surface area contributed by atoms with Crippen molar-refractivity contribution in [2.75, 3.05) is 57.7 Å². The summed E-state index contributed by atoms with van der Waals surface area (Å²) in [6, 6.07) is 7.40. The SMILES string of the molecule is O=C(CNc1ccccc1Cl)N1CCN(CC(=O)N2CCCC2)CC1. The number of hydrogen-bond donors (Lipinski definition) is 1. The molecule has 0 unspecified atom stereocenters. The van der Waals surface area contributed by atoms with Crippen molar-refractivity contribution in [2.24, 2.45) is 0 Å². The van der Waals surface area contributed by atoms with E-state index in [0.717, 1.165) is 44.7 Å². The zero-order valence-corrected chi connectivity index (χ0v) is 15.2. The van der Waals surface area contributed by atoms with Crippen molar-refractivity contribution in [3.05, 3.63) is 29.3 Å². The van der Waals surface area contributed by atoms with Gasteiger partial charge in [-0.2, -0.15) is 0 Å². The highest BCUT2D eigenvalue weighted by Crippen LogP contribution is 2.20. The minimum Gasteiger partial charge on any atom is -0.375 e. The molecule has 1 aromatic rings. The van der Waals surface area contributed by atoms with Gasteiger partial charge in [0.2, 0.25) is 11.8 Å². The highest BCUT2D eigenvalue weighted by molar-refractivity contribution is 6.33. The van der Waals surface area contributed by atoms with Crippen LogP contribution in [0.4, 0.5) is 5.69 Å². The number of piperazine rings is 1. The number of carbonyl (C=O) groups excluding carboxylic acids is 2. The zero-order valence-electron chi connectivity index (χ0n) is 14.4. The lowest BCUT2D eigenvalue weighted by Crippen LogP contribution is -2.52. The van der Waals surface area contributed by atoms with Gasteiger partial charge in [-0.15, -0.1) is 0 Å². The Hall–Kier alpha value is -1.79. The predicted octanol–water partition coefficient (Wildman–Crippen LogP) is 1.52. The second kappa shape index (κ2) is 8.54. The highest BCUT2D eigenvalue weighted by Gasteiger charge is 2.25. The number of para-hydroxylation sites is 1. The van der Waals surface area contributed by atoms with E-state index in [-0.39, 0.29) is 18.4 Å². The Labute approximate surface area is 153 Å². The second-order valence-corrected chi connectivity index (χ2v) is 6.99. The quantitative estimate of drug-likeness (QED) is 0.860. The van der Waals surface area contributed by atoms with Crippen LogP contribution in [0.3, 0.4) is 0 Å². The third kappa shape index (κ3) is 4.86. The summed E-state index contributed by atoms with van der Waals surface area (Å²) < 4.78 is 0. The van der Waals surface area contributed by atoms with E-state index in [2.05, 4.69) is 10.2 Å². The average molecular weight is 365 g/mol. The number of hydrogen-bond acceptors (Lipinski definition) is 4. The summed E-state index contributed by atoms with van der Waals surface area (Å²) >= 11 is 6.08. The number of nitrogens with zero attached hydrogens (tertiary/aromatic N) is 3. The number of rotatable bonds is 5. The highest BCUT2D eigenvalue weighted by atomic mass is 35.5. The maximum absolute atomic E-state index is 12.3. The molecule has 0 aliphatic carbocycles. The third-order valence-electron chi connectivity index (χ3n) is 4.85. The van der Waals surface area contributed by atoms with E-state index in [9.17, 15) is 9.59 Å². The van der Waals surface area contributed by atoms with Crippen LogP contribution in [-0.4, -0.2) is 78.9 Å². The lowest BCUT2D eigenvalue weighted by Gasteiger charge is -2.35. The molecule has 1 N–H and O–H groups in total. The van der Waals surface area contributed by atoms with Crippen LogP contribution in [0.5, 0.6) is 0 Å². The zero-order chi connectivity index (χ0) is 17.6. The van der Waals surface area contributed by atoms with E-state index in [1.54, 1.807) is 6.07 Å². The van der Waals surface area contributed by atoms with Gasteiger partial charge in [-0.05, 0) is 25.0 Å². The molecule has 2 aliphatic rings. The number of nitrogens with one attached hydrogen (secondary N) is 1. The summed E-state index contributed by atoms with van der Waals surface area (Å²) in [6.45, 7) is 5.31. The fourth-order valence-corrected chi connectivity index (χ4v) is 3.50. The molecule has 7 heteroatoms. The van der Waals surface area contributed by atoms with Gasteiger partial charge in [0.25, 0.3) is 0 Å². The van der Waals surface area contributed by atoms with Gasteiger partial charge in [-0.1, -0.05) is 23.7 Å². The van der Waals surface area contributed by atoms with Crippen LogP contribution >= 0.6 is 11.6 Å². The molecule has 0 atom stereocenters. The van der Waals surface area contributed by atoms with E-state index >= 15 is 0 Å². The number of halogens is 1. The maximum Gasteiger partial charge on any atom is 0.241 e. The molecule has 2 aliphatic heterocycles. The van der Waals surface area contributed by atoms with Crippen LogP contribution in [0.25, 0.3) is 0 Å². The molecule has 25 heavy (non-hydrogen) atoms. The van der Waals surface area contributed by atoms with Gasteiger partial charge in [-0.25, -0.2) is 0 Å². The first-order valence-electron chi connectivity index (χ1n) is 8.90. The lowest BCUT2D eigenvalue weighted by molar-refractivity contribution is -0.133. The van der Waals surface area contributed by atoms with Crippen molar-refractivity contribution >= 4 is 29.1 Å². The van der Waals surface area contributed by atoms with Crippen LogP contribution in [-0.2, 0) is 9.59 Å². The summed E-state index contributed by atoms with van der Waals surface area (Å²) in [7, 11) is 0. The van der Waals surface area contributed by atoms with Crippen LogP contribution in [0.2, 0.25) is 5.02 Å². The Morgan fingerprint density at radius 3 is 2.24 bits per heavy atom. The Morgan fingerprint density at radius 1 is 0.920 bits per heavy atom. The molecule has 2 saturated heterocycles. The number of anilines is 1. The molecular formula is C18H25ClN4O2. The van der Waals surface area contributed by atoms with Crippen molar-refractivity contribution in [1.29, 1.82) is 0 Å². The molecule has 6 nitrogen and oxygen atoms in total. The van der Waals surface area contributed by atoms with E-state index in [0.29, 0.717) is 24.7 Å². The Bertz CT molecular complexity index is 611. The van der Waals surface area contributed by atoms with Gasteiger partial charge in [0, 0.05) is 39.3 Å². The van der Waals surface area contributed by atoms with Crippen molar-refractivity contribution in [3.8, 4) is 0 Å². The molecule has 0 radical (unpaired) electrons. The molecular weight excluding hydrogens is 340 g/mol. The van der Waals surface area contributed by atoms with Crippen LogP contribution in [0, 0.1) is 0 Å². The molecule has 1 aromatic carbocycles. The molecule has 2 amide bonds. The number of benzene rings is 1. The molecule has 0 spiro atoms. The van der Waals surface area contributed by atoms with Crippen molar-refractivity contribution in [2.45, 2.75) is 12.8 Å². The smallest absolute Gasteiger partial charge is 0.241 e. The maximum atomic E-state index is 12.3. The average Bonchev–Trinajstić information content (AvgIpc) is 3.16. The topological polar surface area (TPSA) is 55.9 Å². The summed E-state index contributed by atoms with van der Waals surface area (Å²) in [5.41, 5.74) is 0.771. The first-order valence-corrected chi connectivity index (χ1v) is 9.27. The lowest BCUT2D eigenvalue weighted by atomic mass is 10.3. The minimum atomic E-state index is 0.0606. The van der Waals surface area contributed by atoms with Gasteiger partial charge in [-0.3, -0.25) is 14.5 Å². The normalized spacial score (nSPS) is 18.4. The monoisotopic (exact) mass is 364 g/mol. The molecule has 0 aromatic heterocycles. The Morgan fingerprint density at radius 2 is 1.56 bits per heavy atom. The summed E-state index contributed by atoms with van der Waals surface area (Å²) in [5.74, 6) is 0.281. The minimum absolute atomic E-state index is 0.0606. The molecule has 2 heterocycles. The summed E-state index contributed by atoms with van der Waals surface area (Å²) in [5, 5.41) is 3.70. The fourth-order valence-electron chi connectivity index (χ4n) is 3.30. The summed E-state index contributed by atoms with van der Waals surface area (Å²) in [6.07, 6.45) is 2.24. The van der Waals surface area contributed by atoms with Gasteiger partial charge in [0.15, 0.2) is 0 Å². The van der Waals surface area contributed by atoms with Crippen molar-refractivity contribution in [3.63, 3.8) is 0 Å². The largest absolute Gasteiger partial charge is 0.375 e. The molecule has 2 fully saturated rings. The van der Waals surface area contributed by atoms with Crippen molar-refractivity contribution < 1.29 is 9.59 Å². The summed E-state index contributed by atoms with van der Waals surface area (Å²) in [4.78, 5) is 30.5. The standard InChI is InChI=1S/C18H25ClN4O2/c19-15-5-1-2-6-16(15)20-13-17(24)23-11-9-21(10-12-23)14-18(25)22-7-3-4-8-22/h1-2,5-6,20H,3-4,7-14H2. The third-order valence-corrected chi connectivity index (χ3v) is 5.18. The molecule has 136 valence electrons. The van der Waals surface area contributed by atoms with Gasteiger partial charge >= 0.3 is 0 Å². The van der Waals surface area contributed by atoms with Crippen LogP contribution < -0.4 is 5.32 Å². The number of amides is 2. The van der Waals surface area contributed by atoms with E-state index in [1.165, 1.54) is 0 Å². The first-order chi connectivity index (χ1) is 12.1. The van der Waals surface area contributed by atoms with E-state index < -0.39 is 0 Å². The fraction of sp³-hybridized carbons (Fsp3) is 0.556. The van der Waals surface area contributed by atoms with Crippen LogP contribution in [0.1, 0.15) is 12.8 Å². The predicted molar refractivity (Wildman–Crippen MR) is 98.8 cm³/mol. The Kier molecular flexibility index (Phi) is 6.15. The number of likely N-dealkylation sites (tertiary alicyclic amines) is 1. The van der Waals surface area contributed by atoms with Gasteiger partial charge in [0.1, 0.15) is 0 Å². The molecule has 0 saturated carbocycles. The molecule has 3 rings (SSSR count). The van der Waals surface area contributed by atoms with Gasteiger partial charge in [0.05, 0.1) is 23.8 Å². The molecule has 0 bridgehead atoms. The second-order valence-electron chi connectivity index (χ2n) is 6.58. The van der Waals surface area contributed by atoms with E-state index in [1.807, 2.05) is 28.0 Å². The van der Waals surface area contributed by atoms with E-state index in [4.69, 9.17) is 11.6 Å². The van der Waals surface area contributed by atoms with Gasteiger partial charge < -0.3 is 15.1 Å². The first kappa shape index (κ1) is 18.0. The number of carbonyl (C=O) groups is 2.